The number of benzene rings is 3. The van der Waals surface area contributed by atoms with Crippen LogP contribution < -0.4 is 14.8 Å². The highest BCUT2D eigenvalue weighted by molar-refractivity contribution is 7.88. The molecule has 3 aromatic carbocycles. The summed E-state index contributed by atoms with van der Waals surface area (Å²) in [6, 6.07) is 22.4. The van der Waals surface area contributed by atoms with Crippen LogP contribution >= 0.6 is 0 Å². The average Bonchev–Trinajstić information content (AvgIpc) is 2.92. The molecule has 202 valence electrons. The lowest BCUT2D eigenvalue weighted by atomic mass is 10.0. The van der Waals surface area contributed by atoms with Gasteiger partial charge in [0.05, 0.1) is 27.0 Å². The van der Waals surface area contributed by atoms with Gasteiger partial charge in [-0.2, -0.15) is 4.31 Å². The number of methoxy groups -OCH3 is 2. The Morgan fingerprint density at radius 1 is 0.895 bits per heavy atom. The van der Waals surface area contributed by atoms with Gasteiger partial charge in [-0.25, -0.2) is 8.42 Å². The molecule has 0 spiro atoms. The van der Waals surface area contributed by atoms with E-state index in [1.54, 1.807) is 68.8 Å². The Hall–Kier alpha value is -3.89. The first kappa shape index (κ1) is 28.7. The third kappa shape index (κ3) is 7.56. The molecule has 0 fully saturated rings. The Kier molecular flexibility index (Phi) is 9.86. The predicted molar refractivity (Wildman–Crippen MR) is 145 cm³/mol. The third-order valence-electron chi connectivity index (χ3n) is 6.08. The Labute approximate surface area is 224 Å². The van der Waals surface area contributed by atoms with Gasteiger partial charge in [0, 0.05) is 25.7 Å². The molecule has 0 radical (unpaired) electrons. The Morgan fingerprint density at radius 3 is 2.13 bits per heavy atom. The third-order valence-corrected chi connectivity index (χ3v) is 7.34. The largest absolute Gasteiger partial charge is 0.497 e. The summed E-state index contributed by atoms with van der Waals surface area (Å²) < 4.78 is 35.7. The van der Waals surface area contributed by atoms with Gasteiger partial charge >= 0.3 is 0 Å². The Bertz CT molecular complexity index is 1330. The second kappa shape index (κ2) is 13.1. The number of carbonyl (C=O) groups excluding carboxylic acids is 2. The van der Waals surface area contributed by atoms with Crippen LogP contribution in [0.5, 0.6) is 11.5 Å². The van der Waals surface area contributed by atoms with Gasteiger partial charge in [-0.15, -0.1) is 0 Å². The van der Waals surface area contributed by atoms with Crippen molar-refractivity contribution in [3.05, 3.63) is 95.6 Å². The van der Waals surface area contributed by atoms with E-state index >= 15 is 0 Å². The lowest BCUT2D eigenvalue weighted by Crippen LogP contribution is -2.47. The van der Waals surface area contributed by atoms with Crippen LogP contribution in [0, 0.1) is 0 Å². The zero-order chi connectivity index (χ0) is 27.7. The van der Waals surface area contributed by atoms with Crippen LogP contribution in [0.3, 0.4) is 0 Å². The number of amides is 2. The van der Waals surface area contributed by atoms with E-state index in [9.17, 15) is 18.0 Å². The highest BCUT2D eigenvalue weighted by Crippen LogP contribution is 2.26. The van der Waals surface area contributed by atoms with Gasteiger partial charge in [0.1, 0.15) is 17.5 Å². The van der Waals surface area contributed by atoms with Crippen LogP contribution in [0.25, 0.3) is 0 Å². The first-order chi connectivity index (χ1) is 18.1. The van der Waals surface area contributed by atoms with Crippen molar-refractivity contribution in [2.45, 2.75) is 19.1 Å². The predicted octanol–water partition coefficient (Wildman–Crippen LogP) is 2.98. The van der Waals surface area contributed by atoms with E-state index in [0.717, 1.165) is 21.7 Å². The van der Waals surface area contributed by atoms with Crippen LogP contribution in [-0.2, 0) is 32.7 Å². The number of hydrogen-bond acceptors (Lipinski definition) is 6. The summed E-state index contributed by atoms with van der Waals surface area (Å²) in [6.07, 6.45) is 1.03. The molecule has 0 aliphatic heterocycles. The molecule has 2 amide bonds. The molecule has 1 atom stereocenters. The number of ether oxygens (including phenoxy) is 2. The van der Waals surface area contributed by atoms with Crippen LogP contribution in [0.1, 0.15) is 22.7 Å². The number of carbonyl (C=O) groups is 2. The van der Waals surface area contributed by atoms with Crippen molar-refractivity contribution in [3.8, 4) is 11.5 Å². The molecule has 0 saturated carbocycles. The van der Waals surface area contributed by atoms with Gasteiger partial charge in [-0.1, -0.05) is 60.7 Å². The summed E-state index contributed by atoms with van der Waals surface area (Å²) in [6.45, 7) is -0.167. The fourth-order valence-electron chi connectivity index (χ4n) is 3.89. The van der Waals surface area contributed by atoms with Crippen molar-refractivity contribution in [2.24, 2.45) is 0 Å². The number of likely N-dealkylation sites (N-methyl/N-ethyl adjacent to an activating group) is 1. The molecule has 0 aliphatic rings. The molecule has 0 aliphatic carbocycles. The molecule has 0 aromatic heterocycles. The topological polar surface area (TPSA) is 105 Å². The number of sulfonamides is 1. The summed E-state index contributed by atoms with van der Waals surface area (Å²) in [5.41, 5.74) is 2.12. The number of hydrogen-bond donors (Lipinski definition) is 1. The molecule has 3 aromatic rings. The lowest BCUT2D eigenvalue weighted by Gasteiger charge is -2.32. The maximum atomic E-state index is 13.7. The van der Waals surface area contributed by atoms with E-state index in [1.165, 1.54) is 11.9 Å². The van der Waals surface area contributed by atoms with Crippen LogP contribution in [-0.4, -0.2) is 63.5 Å². The van der Waals surface area contributed by atoms with E-state index in [2.05, 4.69) is 5.32 Å². The van der Waals surface area contributed by atoms with Crippen molar-refractivity contribution in [2.75, 3.05) is 34.1 Å². The van der Waals surface area contributed by atoms with Crippen LogP contribution in [0.15, 0.2) is 78.9 Å². The molecule has 3 rings (SSSR count). The molecule has 0 bridgehead atoms. The summed E-state index contributed by atoms with van der Waals surface area (Å²) in [4.78, 5) is 28.8. The highest BCUT2D eigenvalue weighted by Gasteiger charge is 2.33. The minimum absolute atomic E-state index is 0.0715. The van der Waals surface area contributed by atoms with Gasteiger partial charge in [-0.05, 0) is 29.3 Å². The summed E-state index contributed by atoms with van der Waals surface area (Å²) in [7, 11) is 0.824. The molecular formula is C28H33N3O6S. The first-order valence-electron chi connectivity index (χ1n) is 11.9. The first-order valence-corrected chi connectivity index (χ1v) is 13.8. The van der Waals surface area contributed by atoms with Gasteiger partial charge in [0.25, 0.3) is 0 Å². The fraction of sp³-hybridized carbons (Fsp3) is 0.286. The van der Waals surface area contributed by atoms with E-state index in [1.807, 2.05) is 24.3 Å². The van der Waals surface area contributed by atoms with Crippen molar-refractivity contribution in [1.29, 1.82) is 0 Å². The van der Waals surface area contributed by atoms with Crippen LogP contribution in [0.4, 0.5) is 0 Å². The Balaban J connectivity index is 1.99. The average molecular weight is 540 g/mol. The monoisotopic (exact) mass is 539 g/mol. The van der Waals surface area contributed by atoms with E-state index < -0.39 is 34.4 Å². The number of para-hydroxylation sites is 1. The summed E-state index contributed by atoms with van der Waals surface area (Å²) >= 11 is 0. The maximum absolute atomic E-state index is 13.7. The van der Waals surface area contributed by atoms with E-state index in [4.69, 9.17) is 9.47 Å². The van der Waals surface area contributed by atoms with Crippen LogP contribution in [0.2, 0.25) is 0 Å². The molecule has 38 heavy (non-hydrogen) atoms. The molecule has 0 unspecified atom stereocenters. The fourth-order valence-corrected chi connectivity index (χ4v) is 4.23. The quantitative estimate of drug-likeness (QED) is 0.380. The molecule has 9 nitrogen and oxygen atoms in total. The maximum Gasteiger partial charge on any atom is 0.247 e. The van der Waals surface area contributed by atoms with E-state index in [-0.39, 0.29) is 13.1 Å². The highest BCUT2D eigenvalue weighted by atomic mass is 32.2. The second-order valence-electron chi connectivity index (χ2n) is 8.73. The minimum atomic E-state index is -3.62. The van der Waals surface area contributed by atoms with Crippen molar-refractivity contribution in [3.63, 3.8) is 0 Å². The molecule has 0 heterocycles. The zero-order valence-corrected chi connectivity index (χ0v) is 22.8. The lowest BCUT2D eigenvalue weighted by molar-refractivity contribution is -0.141. The van der Waals surface area contributed by atoms with Gasteiger partial charge in [-0.3, -0.25) is 9.59 Å². The summed E-state index contributed by atoms with van der Waals surface area (Å²) in [5, 5.41) is 2.93. The van der Waals surface area contributed by atoms with Crippen molar-refractivity contribution in [1.82, 2.24) is 14.5 Å². The van der Waals surface area contributed by atoms with Gasteiger partial charge < -0.3 is 19.7 Å². The zero-order valence-electron chi connectivity index (χ0n) is 22.0. The molecule has 0 saturated heterocycles. The Morgan fingerprint density at radius 2 is 1.53 bits per heavy atom. The number of nitrogens with one attached hydrogen (secondary N) is 1. The SMILES string of the molecule is COc1ccc(CN(C(=O)CN(C)S(C)(=O)=O)[C@H](C(=O)NCc2ccccc2OC)c2ccccc2)cc1. The number of nitrogens with zero attached hydrogens (tertiary/aromatic N) is 2. The second-order valence-corrected chi connectivity index (χ2v) is 10.8. The van der Waals surface area contributed by atoms with Crippen molar-refractivity contribution < 1.29 is 27.5 Å². The van der Waals surface area contributed by atoms with Gasteiger partial charge in [0.15, 0.2) is 0 Å². The molecular weight excluding hydrogens is 506 g/mol. The van der Waals surface area contributed by atoms with Gasteiger partial charge in [0.2, 0.25) is 21.8 Å². The smallest absolute Gasteiger partial charge is 0.247 e. The number of rotatable bonds is 12. The standard InChI is InChI=1S/C28H33N3O6S/c1-30(38(4,34)35)20-26(32)31(19-21-14-16-24(36-2)17-15-21)27(22-10-6-5-7-11-22)28(33)29-18-23-12-8-9-13-25(23)37-3/h5-17,27H,18-20H2,1-4H3,(H,29,33)/t27-/m0/s1. The summed E-state index contributed by atoms with van der Waals surface area (Å²) in [5.74, 6) is 0.351. The minimum Gasteiger partial charge on any atom is -0.497 e. The molecule has 1 N–H and O–H groups in total. The van der Waals surface area contributed by atoms with Crippen molar-refractivity contribution >= 4 is 21.8 Å². The normalized spacial score (nSPS) is 12.0. The molecule has 10 heteroatoms. The van der Waals surface area contributed by atoms with E-state index in [0.29, 0.717) is 17.1 Å².